The lowest BCUT2D eigenvalue weighted by Crippen LogP contribution is -2.10. The van der Waals surface area contributed by atoms with Gasteiger partial charge in [-0.2, -0.15) is 0 Å². The van der Waals surface area contributed by atoms with E-state index in [0.29, 0.717) is 0 Å². The van der Waals surface area contributed by atoms with Gasteiger partial charge in [0.15, 0.2) is 0 Å². The highest BCUT2D eigenvalue weighted by atomic mass is 32.2. The molecule has 0 bridgehead atoms. The zero-order chi connectivity index (χ0) is 16.4. The first-order chi connectivity index (χ1) is 11.0. The van der Waals surface area contributed by atoms with Crippen molar-refractivity contribution in [2.24, 2.45) is 0 Å². The molecule has 3 heteroatoms. The predicted molar refractivity (Wildman–Crippen MR) is 107 cm³/mol. The first kappa shape index (κ1) is 16.0. The van der Waals surface area contributed by atoms with Crippen LogP contribution in [0.5, 0.6) is 0 Å². The van der Waals surface area contributed by atoms with Crippen molar-refractivity contribution in [2.45, 2.75) is 13.8 Å². The van der Waals surface area contributed by atoms with Gasteiger partial charge in [-0.15, -0.1) is 0 Å². The van der Waals surface area contributed by atoms with E-state index < -0.39 is 0 Å². The Morgan fingerprint density at radius 3 is 2.61 bits per heavy atom. The molecule has 0 saturated heterocycles. The van der Waals surface area contributed by atoms with Gasteiger partial charge in [-0.05, 0) is 41.2 Å². The van der Waals surface area contributed by atoms with Gasteiger partial charge in [-0.3, -0.25) is 0 Å². The summed E-state index contributed by atoms with van der Waals surface area (Å²) >= 11 is 3.34. The highest BCUT2D eigenvalue weighted by Gasteiger charge is 2.15. The Morgan fingerprint density at radius 1 is 1.13 bits per heavy atom. The zero-order valence-corrected chi connectivity index (χ0v) is 15.0. The van der Waals surface area contributed by atoms with Crippen LogP contribution in [0.4, 0.5) is 0 Å². The van der Waals surface area contributed by atoms with Gasteiger partial charge >= 0.3 is 0 Å². The molecule has 0 amide bonds. The molecule has 0 aliphatic carbocycles. The molecule has 1 heterocycles. The van der Waals surface area contributed by atoms with Gasteiger partial charge in [0.05, 0.1) is 5.70 Å². The van der Waals surface area contributed by atoms with E-state index in [0.717, 1.165) is 26.1 Å². The molecule has 23 heavy (non-hydrogen) atoms. The van der Waals surface area contributed by atoms with Crippen LogP contribution in [0.15, 0.2) is 81.4 Å². The topological polar surface area (TPSA) is 12.0 Å². The summed E-state index contributed by atoms with van der Waals surface area (Å²) in [5.41, 5.74) is 3.41. The van der Waals surface area contributed by atoms with Crippen LogP contribution in [0.3, 0.4) is 0 Å². The minimum Gasteiger partial charge on any atom is -0.357 e. The third kappa shape index (κ3) is 3.57. The number of hydrogen-bond acceptors (Lipinski definition) is 3. The Labute approximate surface area is 146 Å². The normalized spacial score (nSPS) is 15.2. The highest BCUT2D eigenvalue weighted by molar-refractivity contribution is 8.11. The van der Waals surface area contributed by atoms with E-state index >= 15 is 0 Å². The number of fused-ring (bicyclic) bond motifs is 1. The molecule has 0 saturated carbocycles. The van der Waals surface area contributed by atoms with Crippen molar-refractivity contribution < 1.29 is 0 Å². The van der Waals surface area contributed by atoms with E-state index in [1.165, 1.54) is 16.3 Å². The average molecular weight is 338 g/mol. The van der Waals surface area contributed by atoms with Crippen molar-refractivity contribution >= 4 is 40.0 Å². The summed E-state index contributed by atoms with van der Waals surface area (Å²) in [5, 5.41) is 8.19. The summed E-state index contributed by atoms with van der Waals surface area (Å²) < 4.78 is 0. The molecular weight excluding hydrogens is 318 g/mol. The van der Waals surface area contributed by atoms with Crippen LogP contribution in [0.2, 0.25) is 0 Å². The lowest BCUT2D eigenvalue weighted by Gasteiger charge is -2.13. The van der Waals surface area contributed by atoms with E-state index in [4.69, 9.17) is 0 Å². The quantitative estimate of drug-likeness (QED) is 0.688. The van der Waals surface area contributed by atoms with Crippen LogP contribution in [-0.4, -0.2) is 0 Å². The molecule has 1 aliphatic heterocycles. The molecule has 2 aromatic carbocycles. The van der Waals surface area contributed by atoms with Crippen molar-refractivity contribution in [1.29, 1.82) is 0 Å². The molecule has 1 aliphatic rings. The van der Waals surface area contributed by atoms with E-state index in [2.05, 4.69) is 73.3 Å². The monoisotopic (exact) mass is 337 g/mol. The summed E-state index contributed by atoms with van der Waals surface area (Å²) in [4.78, 5) is 3.28. The molecule has 0 atom stereocenters. The van der Waals surface area contributed by atoms with Gasteiger partial charge in [0.1, 0.15) is 0 Å². The van der Waals surface area contributed by atoms with Crippen LogP contribution < -0.4 is 5.32 Å². The standard InChI is InChI=1S/C20H19NS2/c1-13(2)23-20-14(3)21-19(12-22-15(20)4)18-10-9-16-7-5-6-8-17(16)11-18/h5-12,21H,1,4H2,2-3H3. The number of thioether (sulfide) groups is 2. The Hall–Kier alpha value is -1.84. The lowest BCUT2D eigenvalue weighted by atomic mass is 10.1. The van der Waals surface area contributed by atoms with Crippen molar-refractivity contribution in [3.05, 3.63) is 87.0 Å². The van der Waals surface area contributed by atoms with Crippen LogP contribution in [-0.2, 0) is 0 Å². The third-order valence-corrected chi connectivity index (χ3v) is 5.65. The highest BCUT2D eigenvalue weighted by Crippen LogP contribution is 2.40. The van der Waals surface area contributed by atoms with Gasteiger partial charge in [0.25, 0.3) is 0 Å². The second-order valence-corrected chi connectivity index (χ2v) is 7.79. The molecule has 1 N–H and O–H groups in total. The van der Waals surface area contributed by atoms with Crippen LogP contribution in [0, 0.1) is 0 Å². The fourth-order valence-electron chi connectivity index (χ4n) is 2.49. The largest absolute Gasteiger partial charge is 0.357 e. The molecular formula is C20H19NS2. The molecule has 3 rings (SSSR count). The molecule has 0 radical (unpaired) electrons. The second kappa shape index (κ2) is 6.73. The Morgan fingerprint density at radius 2 is 1.87 bits per heavy atom. The maximum absolute atomic E-state index is 4.20. The lowest BCUT2D eigenvalue weighted by molar-refractivity contribution is 1.08. The van der Waals surface area contributed by atoms with Gasteiger partial charge in [0.2, 0.25) is 0 Å². The van der Waals surface area contributed by atoms with Gasteiger partial charge < -0.3 is 5.32 Å². The van der Waals surface area contributed by atoms with E-state index in [-0.39, 0.29) is 0 Å². The van der Waals surface area contributed by atoms with Gasteiger partial charge in [-0.25, -0.2) is 0 Å². The van der Waals surface area contributed by atoms with E-state index in [1.54, 1.807) is 23.5 Å². The van der Waals surface area contributed by atoms with Crippen LogP contribution in [0.1, 0.15) is 19.4 Å². The summed E-state index contributed by atoms with van der Waals surface area (Å²) in [6.07, 6.45) is 0. The Balaban J connectivity index is 1.97. The zero-order valence-electron chi connectivity index (χ0n) is 13.3. The van der Waals surface area contributed by atoms with Crippen molar-refractivity contribution in [2.75, 3.05) is 0 Å². The molecule has 116 valence electrons. The maximum Gasteiger partial charge on any atom is 0.0523 e. The second-order valence-electron chi connectivity index (χ2n) is 5.52. The summed E-state index contributed by atoms with van der Waals surface area (Å²) in [7, 11) is 0. The number of benzene rings is 2. The number of allylic oxidation sites excluding steroid dienone is 2. The number of hydrogen-bond donors (Lipinski definition) is 1. The third-order valence-electron chi connectivity index (χ3n) is 3.57. The Kier molecular flexibility index (Phi) is 4.69. The summed E-state index contributed by atoms with van der Waals surface area (Å²) in [6, 6.07) is 15.0. The smallest absolute Gasteiger partial charge is 0.0523 e. The molecule has 0 fully saturated rings. The van der Waals surface area contributed by atoms with Crippen molar-refractivity contribution in [3.8, 4) is 0 Å². The molecule has 0 spiro atoms. The van der Waals surface area contributed by atoms with Crippen molar-refractivity contribution in [3.63, 3.8) is 0 Å². The fourth-order valence-corrected chi connectivity index (χ4v) is 4.14. The van der Waals surface area contributed by atoms with Crippen LogP contribution >= 0.6 is 23.5 Å². The molecule has 0 unspecified atom stereocenters. The number of rotatable bonds is 3. The summed E-state index contributed by atoms with van der Waals surface area (Å²) in [6.45, 7) is 12.3. The van der Waals surface area contributed by atoms with Gasteiger partial charge in [-0.1, -0.05) is 73.1 Å². The Bertz CT molecular complexity index is 859. The molecule has 2 aromatic rings. The van der Waals surface area contributed by atoms with Crippen molar-refractivity contribution in [1.82, 2.24) is 5.32 Å². The minimum atomic E-state index is 1.05. The predicted octanol–water partition coefficient (Wildman–Crippen LogP) is 6.49. The first-order valence-electron chi connectivity index (χ1n) is 7.41. The van der Waals surface area contributed by atoms with E-state index in [9.17, 15) is 0 Å². The van der Waals surface area contributed by atoms with Crippen LogP contribution in [0.25, 0.3) is 16.5 Å². The van der Waals surface area contributed by atoms with Gasteiger partial charge in [0, 0.05) is 20.9 Å². The fraction of sp³-hybridized carbons (Fsp3) is 0.100. The van der Waals surface area contributed by atoms with E-state index in [1.807, 2.05) is 6.92 Å². The molecule has 0 aromatic heterocycles. The minimum absolute atomic E-state index is 1.05. The first-order valence-corrected chi connectivity index (χ1v) is 9.11. The average Bonchev–Trinajstić information content (AvgIpc) is 2.67. The SMILES string of the molecule is C=C(C)SC1=C(C)NC(c2ccc3ccccc3c2)=CSC1=C. The maximum atomic E-state index is 4.20. The molecule has 1 nitrogen and oxygen atoms in total. The number of nitrogens with one attached hydrogen (secondary N) is 1. The summed E-state index contributed by atoms with van der Waals surface area (Å²) in [5.74, 6) is 0.